The second-order valence-corrected chi connectivity index (χ2v) is 6.03. The molecule has 0 bridgehead atoms. The summed E-state index contributed by atoms with van der Waals surface area (Å²) in [4.78, 5) is 11.6. The van der Waals surface area contributed by atoms with Crippen molar-refractivity contribution < 1.29 is 4.92 Å². The van der Waals surface area contributed by atoms with Crippen molar-refractivity contribution in [2.45, 2.75) is 24.5 Å². The number of nitro benzene ring substituents is 1. The fraction of sp³-hybridized carbons (Fsp3) is 0.200. The Morgan fingerprint density at radius 1 is 1.15 bits per heavy atom. The quantitative estimate of drug-likeness (QED) is 0.445. The standard InChI is InChI=1S/C15H14ClNO2S/c1-10-3-5-13(7-11(10)2)20-9-12-4-6-14(16)15(8-12)17(18)19/h3-8H,9H2,1-2H3. The van der Waals surface area contributed by atoms with Crippen LogP contribution in [0.2, 0.25) is 5.02 Å². The maximum absolute atomic E-state index is 10.8. The zero-order valence-corrected chi connectivity index (χ0v) is 12.8. The van der Waals surface area contributed by atoms with Crippen molar-refractivity contribution in [2.75, 3.05) is 0 Å². The first-order valence-electron chi connectivity index (χ1n) is 6.10. The maximum atomic E-state index is 10.8. The van der Waals surface area contributed by atoms with E-state index in [4.69, 9.17) is 11.6 Å². The molecule has 5 heteroatoms. The summed E-state index contributed by atoms with van der Waals surface area (Å²) in [6.07, 6.45) is 0. The van der Waals surface area contributed by atoms with Crippen LogP contribution in [-0.2, 0) is 5.75 Å². The number of nitro groups is 1. The molecule has 0 aliphatic carbocycles. The summed E-state index contributed by atoms with van der Waals surface area (Å²) in [5.74, 6) is 0.681. The van der Waals surface area contributed by atoms with E-state index in [1.54, 1.807) is 17.8 Å². The highest BCUT2D eigenvalue weighted by molar-refractivity contribution is 7.98. The van der Waals surface area contributed by atoms with E-state index >= 15 is 0 Å². The molecule has 0 N–H and O–H groups in total. The summed E-state index contributed by atoms with van der Waals surface area (Å²) in [5.41, 5.74) is 3.36. The van der Waals surface area contributed by atoms with Crippen LogP contribution >= 0.6 is 23.4 Å². The van der Waals surface area contributed by atoms with Gasteiger partial charge in [-0.2, -0.15) is 0 Å². The lowest BCUT2D eigenvalue weighted by molar-refractivity contribution is -0.384. The maximum Gasteiger partial charge on any atom is 0.288 e. The van der Waals surface area contributed by atoms with Gasteiger partial charge in [0.1, 0.15) is 5.02 Å². The molecule has 0 saturated carbocycles. The highest BCUT2D eigenvalue weighted by atomic mass is 35.5. The van der Waals surface area contributed by atoms with Crippen LogP contribution in [0.3, 0.4) is 0 Å². The first kappa shape index (κ1) is 14.9. The molecule has 0 radical (unpaired) electrons. The molecule has 2 aromatic rings. The number of hydrogen-bond donors (Lipinski definition) is 0. The first-order chi connectivity index (χ1) is 9.47. The van der Waals surface area contributed by atoms with Crippen molar-refractivity contribution in [1.29, 1.82) is 0 Å². The van der Waals surface area contributed by atoms with Gasteiger partial charge in [0, 0.05) is 16.7 Å². The third kappa shape index (κ3) is 3.52. The van der Waals surface area contributed by atoms with Crippen LogP contribution < -0.4 is 0 Å². The molecule has 2 aromatic carbocycles. The van der Waals surface area contributed by atoms with E-state index in [0.717, 1.165) is 10.5 Å². The van der Waals surface area contributed by atoms with Gasteiger partial charge in [0.15, 0.2) is 0 Å². The van der Waals surface area contributed by atoms with Crippen molar-refractivity contribution in [3.63, 3.8) is 0 Å². The topological polar surface area (TPSA) is 43.1 Å². The Kier molecular flexibility index (Phi) is 4.68. The van der Waals surface area contributed by atoms with Gasteiger partial charge in [0.25, 0.3) is 5.69 Å². The SMILES string of the molecule is Cc1ccc(SCc2ccc(Cl)c([N+](=O)[O-])c2)cc1C. The van der Waals surface area contributed by atoms with Crippen LogP contribution in [0, 0.1) is 24.0 Å². The number of halogens is 1. The van der Waals surface area contributed by atoms with Crippen LogP contribution in [0.1, 0.15) is 16.7 Å². The Hall–Kier alpha value is -1.52. The number of benzene rings is 2. The summed E-state index contributed by atoms with van der Waals surface area (Å²) < 4.78 is 0. The summed E-state index contributed by atoms with van der Waals surface area (Å²) in [6.45, 7) is 4.15. The molecular formula is C15H14ClNO2S. The largest absolute Gasteiger partial charge is 0.288 e. The third-order valence-electron chi connectivity index (χ3n) is 3.09. The number of aryl methyl sites for hydroxylation is 2. The van der Waals surface area contributed by atoms with Gasteiger partial charge in [-0.1, -0.05) is 23.7 Å². The molecule has 0 saturated heterocycles. The average Bonchev–Trinajstić information content (AvgIpc) is 2.41. The van der Waals surface area contributed by atoms with E-state index in [9.17, 15) is 10.1 Å². The summed E-state index contributed by atoms with van der Waals surface area (Å²) in [7, 11) is 0. The molecule has 0 heterocycles. The fourth-order valence-corrected chi connectivity index (χ4v) is 2.88. The minimum atomic E-state index is -0.452. The lowest BCUT2D eigenvalue weighted by Crippen LogP contribution is -1.91. The summed E-state index contributed by atoms with van der Waals surface area (Å²) in [5, 5.41) is 11.0. The average molecular weight is 308 g/mol. The highest BCUT2D eigenvalue weighted by Gasteiger charge is 2.12. The fourth-order valence-electron chi connectivity index (χ4n) is 1.76. The smallest absolute Gasteiger partial charge is 0.258 e. The second kappa shape index (κ2) is 6.29. The Balaban J connectivity index is 2.12. The van der Waals surface area contributed by atoms with E-state index in [1.165, 1.54) is 17.2 Å². The molecule has 104 valence electrons. The zero-order chi connectivity index (χ0) is 14.7. The van der Waals surface area contributed by atoms with Crippen molar-refractivity contribution in [2.24, 2.45) is 0 Å². The van der Waals surface area contributed by atoms with Gasteiger partial charge < -0.3 is 0 Å². The lowest BCUT2D eigenvalue weighted by atomic mass is 10.1. The van der Waals surface area contributed by atoms with Gasteiger partial charge in [-0.25, -0.2) is 0 Å². The number of thioether (sulfide) groups is 1. The lowest BCUT2D eigenvalue weighted by Gasteiger charge is -2.06. The van der Waals surface area contributed by atoms with Gasteiger partial charge in [0.05, 0.1) is 4.92 Å². The molecule has 20 heavy (non-hydrogen) atoms. The van der Waals surface area contributed by atoms with Gasteiger partial charge in [-0.15, -0.1) is 11.8 Å². The molecule has 0 spiro atoms. The highest BCUT2D eigenvalue weighted by Crippen LogP contribution is 2.29. The number of hydrogen-bond acceptors (Lipinski definition) is 3. The van der Waals surface area contributed by atoms with Gasteiger partial charge in [-0.05, 0) is 48.7 Å². The van der Waals surface area contributed by atoms with Crippen LogP contribution in [-0.4, -0.2) is 4.92 Å². The van der Waals surface area contributed by atoms with Crippen LogP contribution in [0.5, 0.6) is 0 Å². The van der Waals surface area contributed by atoms with E-state index in [-0.39, 0.29) is 10.7 Å². The monoisotopic (exact) mass is 307 g/mol. The van der Waals surface area contributed by atoms with Crippen molar-refractivity contribution in [3.8, 4) is 0 Å². The molecule has 0 amide bonds. The Labute approximate surface area is 127 Å². The van der Waals surface area contributed by atoms with Crippen LogP contribution in [0.25, 0.3) is 0 Å². The Morgan fingerprint density at radius 3 is 2.55 bits per heavy atom. The van der Waals surface area contributed by atoms with Crippen molar-refractivity contribution in [3.05, 3.63) is 68.2 Å². The third-order valence-corrected chi connectivity index (χ3v) is 4.48. The molecule has 2 rings (SSSR count). The minimum Gasteiger partial charge on any atom is -0.258 e. The van der Waals surface area contributed by atoms with Crippen LogP contribution in [0.4, 0.5) is 5.69 Å². The normalized spacial score (nSPS) is 10.6. The van der Waals surface area contributed by atoms with E-state index in [2.05, 4.69) is 32.0 Å². The first-order valence-corrected chi connectivity index (χ1v) is 7.46. The molecular weight excluding hydrogens is 294 g/mol. The van der Waals surface area contributed by atoms with Crippen molar-refractivity contribution in [1.82, 2.24) is 0 Å². The molecule has 0 fully saturated rings. The zero-order valence-electron chi connectivity index (χ0n) is 11.2. The van der Waals surface area contributed by atoms with Crippen LogP contribution in [0.15, 0.2) is 41.3 Å². The predicted octanol–water partition coefficient (Wildman–Crippen LogP) is 5.16. The molecule has 0 aliphatic heterocycles. The summed E-state index contributed by atoms with van der Waals surface area (Å²) >= 11 is 7.46. The molecule has 0 atom stereocenters. The predicted molar refractivity (Wildman–Crippen MR) is 83.6 cm³/mol. The van der Waals surface area contributed by atoms with Gasteiger partial charge in [-0.3, -0.25) is 10.1 Å². The van der Waals surface area contributed by atoms with E-state index < -0.39 is 4.92 Å². The number of rotatable bonds is 4. The van der Waals surface area contributed by atoms with E-state index in [1.807, 2.05) is 6.07 Å². The molecule has 0 aliphatic rings. The Morgan fingerprint density at radius 2 is 1.90 bits per heavy atom. The summed E-state index contributed by atoms with van der Waals surface area (Å²) in [6, 6.07) is 11.2. The molecule has 0 aromatic heterocycles. The minimum absolute atomic E-state index is 0.0372. The van der Waals surface area contributed by atoms with E-state index in [0.29, 0.717) is 5.75 Å². The van der Waals surface area contributed by atoms with Gasteiger partial charge >= 0.3 is 0 Å². The molecule has 3 nitrogen and oxygen atoms in total. The number of nitrogens with zero attached hydrogens (tertiary/aromatic N) is 1. The molecule has 0 unspecified atom stereocenters. The second-order valence-electron chi connectivity index (χ2n) is 4.58. The Bertz CT molecular complexity index is 658. The van der Waals surface area contributed by atoms with Gasteiger partial charge in [0.2, 0.25) is 0 Å². The van der Waals surface area contributed by atoms with Crippen molar-refractivity contribution >= 4 is 29.1 Å².